The third kappa shape index (κ3) is 2.77. The number of rotatable bonds is 1. The standard InChI is InChI=1S/C9H10BrN3O2/c1-5-6(10)3-2-4-7(5)12-8(14)9(15)13-11/h2-4H,11H2,1H3,(H,12,14)(H,13,15). The Balaban J connectivity index is 2.86. The van der Waals surface area contributed by atoms with E-state index in [1.165, 1.54) is 0 Å². The fourth-order valence-corrected chi connectivity index (χ4v) is 1.35. The van der Waals surface area contributed by atoms with Crippen LogP contribution >= 0.6 is 15.9 Å². The number of carbonyl (C=O) groups excluding carboxylic acids is 2. The van der Waals surface area contributed by atoms with Crippen LogP contribution in [0.2, 0.25) is 0 Å². The van der Waals surface area contributed by atoms with Crippen LogP contribution in [0.3, 0.4) is 0 Å². The monoisotopic (exact) mass is 271 g/mol. The van der Waals surface area contributed by atoms with E-state index < -0.39 is 11.8 Å². The summed E-state index contributed by atoms with van der Waals surface area (Å²) in [4.78, 5) is 22.0. The van der Waals surface area contributed by atoms with Gasteiger partial charge in [0.1, 0.15) is 0 Å². The van der Waals surface area contributed by atoms with Gasteiger partial charge in [-0.2, -0.15) is 0 Å². The summed E-state index contributed by atoms with van der Waals surface area (Å²) in [6, 6.07) is 5.29. The highest BCUT2D eigenvalue weighted by Crippen LogP contribution is 2.23. The van der Waals surface area contributed by atoms with E-state index in [-0.39, 0.29) is 0 Å². The molecule has 0 aliphatic carbocycles. The summed E-state index contributed by atoms with van der Waals surface area (Å²) in [7, 11) is 0. The minimum Gasteiger partial charge on any atom is -0.317 e. The van der Waals surface area contributed by atoms with E-state index in [4.69, 9.17) is 5.84 Å². The molecule has 2 amide bonds. The van der Waals surface area contributed by atoms with Crippen molar-refractivity contribution in [3.05, 3.63) is 28.2 Å². The molecule has 0 aromatic heterocycles. The van der Waals surface area contributed by atoms with Crippen molar-refractivity contribution in [2.75, 3.05) is 5.32 Å². The smallest absolute Gasteiger partial charge is 0.317 e. The Hall–Kier alpha value is -1.40. The van der Waals surface area contributed by atoms with Crippen LogP contribution in [0, 0.1) is 6.92 Å². The van der Waals surface area contributed by atoms with Crippen molar-refractivity contribution in [1.29, 1.82) is 0 Å². The van der Waals surface area contributed by atoms with Crippen LogP contribution in [0.1, 0.15) is 5.56 Å². The Morgan fingerprint density at radius 1 is 1.33 bits per heavy atom. The molecule has 80 valence electrons. The van der Waals surface area contributed by atoms with Crippen molar-refractivity contribution in [1.82, 2.24) is 5.43 Å². The van der Waals surface area contributed by atoms with Crippen LogP contribution < -0.4 is 16.6 Å². The van der Waals surface area contributed by atoms with Gasteiger partial charge in [0.15, 0.2) is 0 Å². The second-order valence-electron chi connectivity index (χ2n) is 2.84. The number of nitrogens with two attached hydrogens (primary N) is 1. The maximum Gasteiger partial charge on any atom is 0.323 e. The molecule has 0 aliphatic heterocycles. The van der Waals surface area contributed by atoms with Crippen molar-refractivity contribution in [2.24, 2.45) is 5.84 Å². The molecule has 0 saturated carbocycles. The lowest BCUT2D eigenvalue weighted by molar-refractivity contribution is -0.136. The van der Waals surface area contributed by atoms with E-state index in [9.17, 15) is 9.59 Å². The summed E-state index contributed by atoms with van der Waals surface area (Å²) in [5.41, 5.74) is 3.17. The summed E-state index contributed by atoms with van der Waals surface area (Å²) in [6.07, 6.45) is 0. The fraction of sp³-hybridized carbons (Fsp3) is 0.111. The Labute approximate surface area is 95.1 Å². The van der Waals surface area contributed by atoms with E-state index in [0.717, 1.165) is 10.0 Å². The highest BCUT2D eigenvalue weighted by molar-refractivity contribution is 9.10. The van der Waals surface area contributed by atoms with Gasteiger partial charge in [-0.25, -0.2) is 5.84 Å². The van der Waals surface area contributed by atoms with E-state index in [1.54, 1.807) is 17.6 Å². The lowest BCUT2D eigenvalue weighted by Gasteiger charge is -2.08. The van der Waals surface area contributed by atoms with Crippen molar-refractivity contribution < 1.29 is 9.59 Å². The Morgan fingerprint density at radius 3 is 2.60 bits per heavy atom. The fourth-order valence-electron chi connectivity index (χ4n) is 0.988. The van der Waals surface area contributed by atoms with Crippen LogP contribution in [0.25, 0.3) is 0 Å². The normalized spacial score (nSPS) is 9.53. The quantitative estimate of drug-likeness (QED) is 0.304. The number of amides is 2. The van der Waals surface area contributed by atoms with Gasteiger partial charge >= 0.3 is 11.8 Å². The molecule has 6 heteroatoms. The van der Waals surface area contributed by atoms with Gasteiger partial charge in [0.2, 0.25) is 0 Å². The number of hydrazine groups is 1. The molecular formula is C9H10BrN3O2. The van der Waals surface area contributed by atoms with Crippen LogP contribution in [-0.4, -0.2) is 11.8 Å². The number of halogens is 1. The Morgan fingerprint density at radius 2 is 2.00 bits per heavy atom. The second-order valence-corrected chi connectivity index (χ2v) is 3.69. The van der Waals surface area contributed by atoms with E-state index in [1.807, 2.05) is 13.0 Å². The third-order valence-electron chi connectivity index (χ3n) is 1.85. The van der Waals surface area contributed by atoms with Crippen molar-refractivity contribution in [2.45, 2.75) is 6.92 Å². The third-order valence-corrected chi connectivity index (χ3v) is 2.71. The first kappa shape index (κ1) is 11.7. The molecule has 0 bridgehead atoms. The first-order chi connectivity index (χ1) is 7.06. The Kier molecular flexibility index (Phi) is 3.81. The van der Waals surface area contributed by atoms with Crippen molar-refractivity contribution >= 4 is 33.4 Å². The predicted octanol–water partition coefficient (Wildman–Crippen LogP) is 0.686. The van der Waals surface area contributed by atoms with Gasteiger partial charge in [-0.15, -0.1) is 0 Å². The van der Waals surface area contributed by atoms with Crippen molar-refractivity contribution in [3.8, 4) is 0 Å². The van der Waals surface area contributed by atoms with E-state index >= 15 is 0 Å². The molecule has 0 atom stereocenters. The summed E-state index contributed by atoms with van der Waals surface area (Å²) < 4.78 is 0.855. The first-order valence-corrected chi connectivity index (χ1v) is 4.92. The van der Waals surface area contributed by atoms with Gasteiger partial charge < -0.3 is 5.32 Å². The van der Waals surface area contributed by atoms with E-state index in [2.05, 4.69) is 21.2 Å². The van der Waals surface area contributed by atoms with Gasteiger partial charge in [-0.05, 0) is 24.6 Å². The largest absolute Gasteiger partial charge is 0.323 e. The second kappa shape index (κ2) is 4.90. The molecule has 1 aromatic carbocycles. The molecule has 0 fully saturated rings. The van der Waals surface area contributed by atoms with Crippen LogP contribution in [0.5, 0.6) is 0 Å². The van der Waals surface area contributed by atoms with Crippen LogP contribution in [0.15, 0.2) is 22.7 Å². The molecule has 0 spiro atoms. The lowest BCUT2D eigenvalue weighted by atomic mass is 10.2. The molecule has 5 nitrogen and oxygen atoms in total. The number of benzene rings is 1. The van der Waals surface area contributed by atoms with Gasteiger partial charge in [-0.3, -0.25) is 15.0 Å². The summed E-state index contributed by atoms with van der Waals surface area (Å²) >= 11 is 3.31. The average molecular weight is 272 g/mol. The van der Waals surface area contributed by atoms with Crippen LogP contribution in [0.4, 0.5) is 5.69 Å². The molecule has 0 heterocycles. The zero-order chi connectivity index (χ0) is 11.4. The zero-order valence-corrected chi connectivity index (χ0v) is 9.59. The van der Waals surface area contributed by atoms with E-state index in [0.29, 0.717) is 5.69 Å². The topological polar surface area (TPSA) is 84.2 Å². The number of anilines is 1. The molecule has 1 rings (SSSR count). The maximum atomic E-state index is 11.2. The Bertz CT molecular complexity index is 406. The number of hydrogen-bond donors (Lipinski definition) is 3. The summed E-state index contributed by atoms with van der Waals surface area (Å²) in [5, 5.41) is 2.44. The van der Waals surface area contributed by atoms with Gasteiger partial charge in [0.05, 0.1) is 0 Å². The first-order valence-electron chi connectivity index (χ1n) is 4.13. The summed E-state index contributed by atoms with van der Waals surface area (Å²) in [5.74, 6) is 3.15. The molecule has 4 N–H and O–H groups in total. The number of hydrogen-bond acceptors (Lipinski definition) is 3. The van der Waals surface area contributed by atoms with Crippen molar-refractivity contribution in [3.63, 3.8) is 0 Å². The predicted molar refractivity (Wildman–Crippen MR) is 59.8 cm³/mol. The highest BCUT2D eigenvalue weighted by atomic mass is 79.9. The number of nitrogens with one attached hydrogen (secondary N) is 2. The lowest BCUT2D eigenvalue weighted by Crippen LogP contribution is -2.39. The molecule has 15 heavy (non-hydrogen) atoms. The highest BCUT2D eigenvalue weighted by Gasteiger charge is 2.13. The molecule has 0 radical (unpaired) electrons. The summed E-state index contributed by atoms with van der Waals surface area (Å²) in [6.45, 7) is 1.82. The van der Waals surface area contributed by atoms with Gasteiger partial charge in [0.25, 0.3) is 0 Å². The van der Waals surface area contributed by atoms with Gasteiger partial charge in [-0.1, -0.05) is 22.0 Å². The zero-order valence-electron chi connectivity index (χ0n) is 8.00. The average Bonchev–Trinajstić information content (AvgIpc) is 2.23. The molecular weight excluding hydrogens is 262 g/mol. The molecule has 1 aromatic rings. The minimum absolute atomic E-state index is 0.568. The molecule has 0 unspecified atom stereocenters. The van der Waals surface area contributed by atoms with Gasteiger partial charge in [0, 0.05) is 10.2 Å². The number of carbonyl (C=O) groups is 2. The molecule has 0 saturated heterocycles. The SMILES string of the molecule is Cc1c(Br)cccc1NC(=O)C(=O)NN. The minimum atomic E-state index is -0.880. The molecule has 0 aliphatic rings. The van der Waals surface area contributed by atoms with Crippen LogP contribution in [-0.2, 0) is 9.59 Å². The maximum absolute atomic E-state index is 11.2.